The van der Waals surface area contributed by atoms with Crippen LogP contribution in [0.1, 0.15) is 48.5 Å². The number of nitrogens with one attached hydrogen (secondary N) is 1. The topological polar surface area (TPSA) is 108 Å². The fourth-order valence-electron chi connectivity index (χ4n) is 3.76. The molecule has 0 aromatic heterocycles. The summed E-state index contributed by atoms with van der Waals surface area (Å²) in [6, 6.07) is 2.27. The maximum absolute atomic E-state index is 12.3. The summed E-state index contributed by atoms with van der Waals surface area (Å²) in [6.45, 7) is 12.5. The van der Waals surface area contributed by atoms with E-state index in [1.807, 2.05) is 0 Å². The molecule has 0 amide bonds. The molecular weight excluding hydrogens is 368 g/mol. The van der Waals surface area contributed by atoms with Gasteiger partial charge >= 0.3 is 5.97 Å². The van der Waals surface area contributed by atoms with Gasteiger partial charge in [-0.15, -0.1) is 0 Å². The van der Waals surface area contributed by atoms with Crippen molar-refractivity contribution in [1.29, 1.82) is 5.26 Å². The van der Waals surface area contributed by atoms with Gasteiger partial charge < -0.3 is 28.4 Å². The Morgan fingerprint density at radius 1 is 1.14 bits per heavy atom. The first-order valence-corrected chi connectivity index (χ1v) is 9.48. The van der Waals surface area contributed by atoms with Crippen molar-refractivity contribution in [3.05, 3.63) is 0 Å². The van der Waals surface area contributed by atoms with Crippen LogP contribution < -0.4 is 5.32 Å². The van der Waals surface area contributed by atoms with Crippen molar-refractivity contribution in [2.45, 2.75) is 95.8 Å². The van der Waals surface area contributed by atoms with Crippen LogP contribution in [0.4, 0.5) is 0 Å². The van der Waals surface area contributed by atoms with E-state index >= 15 is 0 Å². The van der Waals surface area contributed by atoms with E-state index in [4.69, 9.17) is 28.4 Å². The first-order valence-electron chi connectivity index (χ1n) is 9.48. The molecule has 0 radical (unpaired) electrons. The van der Waals surface area contributed by atoms with E-state index < -0.39 is 53.3 Å². The quantitative estimate of drug-likeness (QED) is 0.699. The zero-order chi connectivity index (χ0) is 21.0. The third-order valence-corrected chi connectivity index (χ3v) is 4.73. The Balaban J connectivity index is 1.83. The zero-order valence-corrected chi connectivity index (χ0v) is 17.5. The largest absolute Gasteiger partial charge is 0.459 e. The summed E-state index contributed by atoms with van der Waals surface area (Å²) in [6.07, 6.45) is -2.79. The van der Waals surface area contributed by atoms with Gasteiger partial charge in [0, 0.05) is 0 Å². The number of nitrogens with zero attached hydrogens (tertiary/aromatic N) is 1. The highest BCUT2D eigenvalue weighted by atomic mass is 16.8. The Bertz CT molecular complexity index is 666. The summed E-state index contributed by atoms with van der Waals surface area (Å²) in [4.78, 5) is 12.3. The van der Waals surface area contributed by atoms with Gasteiger partial charge in [0.1, 0.15) is 23.9 Å². The van der Waals surface area contributed by atoms with Crippen molar-refractivity contribution < 1.29 is 33.2 Å². The normalized spacial score (nSPS) is 38.8. The maximum Gasteiger partial charge on any atom is 0.320 e. The molecule has 3 heterocycles. The number of esters is 1. The van der Waals surface area contributed by atoms with Gasteiger partial charge in [0.15, 0.2) is 23.4 Å². The zero-order valence-electron chi connectivity index (χ0n) is 17.5. The van der Waals surface area contributed by atoms with Gasteiger partial charge in [0.05, 0.1) is 19.2 Å². The first kappa shape index (κ1) is 21.4. The van der Waals surface area contributed by atoms with Gasteiger partial charge in [0.25, 0.3) is 0 Å². The Labute approximate surface area is 165 Å². The summed E-state index contributed by atoms with van der Waals surface area (Å²) in [5.74, 6) is -2.19. The number of nitriles is 1. The Morgan fingerprint density at radius 3 is 2.36 bits per heavy atom. The summed E-state index contributed by atoms with van der Waals surface area (Å²) in [7, 11) is 0. The Kier molecular flexibility index (Phi) is 5.28. The minimum atomic E-state index is -1.37. The van der Waals surface area contributed by atoms with Gasteiger partial charge in [-0.1, -0.05) is 0 Å². The van der Waals surface area contributed by atoms with Crippen LogP contribution in [0.25, 0.3) is 0 Å². The lowest BCUT2D eigenvalue weighted by Gasteiger charge is -2.35. The predicted molar refractivity (Wildman–Crippen MR) is 95.8 cm³/mol. The summed E-state index contributed by atoms with van der Waals surface area (Å²) >= 11 is 0. The first-order chi connectivity index (χ1) is 12.8. The third-order valence-electron chi connectivity index (χ3n) is 4.73. The van der Waals surface area contributed by atoms with Gasteiger partial charge in [-0.2, -0.15) is 5.26 Å². The molecule has 0 aromatic rings. The van der Waals surface area contributed by atoms with Crippen LogP contribution in [0.2, 0.25) is 0 Å². The lowest BCUT2D eigenvalue weighted by molar-refractivity contribution is -0.227. The highest BCUT2D eigenvalue weighted by Crippen LogP contribution is 2.45. The molecule has 0 bridgehead atoms. The SMILES string of the molecule is CC(C)(C)OC(=O)CN[C@]1(C#N)[C@@H]([C@H]2COC(C)(C)O2)O[C@@H]2OC(C)(C)O[C@@H]21. The van der Waals surface area contributed by atoms with E-state index in [0.29, 0.717) is 0 Å². The van der Waals surface area contributed by atoms with Gasteiger partial charge in [-0.25, -0.2) is 0 Å². The highest BCUT2D eigenvalue weighted by Gasteiger charge is 2.67. The molecule has 3 rings (SSSR count). The molecule has 3 fully saturated rings. The van der Waals surface area contributed by atoms with E-state index in [1.54, 1.807) is 48.5 Å². The van der Waals surface area contributed by atoms with E-state index in [-0.39, 0.29) is 13.2 Å². The second kappa shape index (κ2) is 6.90. The van der Waals surface area contributed by atoms with Crippen molar-refractivity contribution in [3.63, 3.8) is 0 Å². The second-order valence-electron chi connectivity index (χ2n) is 9.27. The molecule has 0 unspecified atom stereocenters. The number of carbonyl (C=O) groups is 1. The average molecular weight is 398 g/mol. The fraction of sp³-hybridized carbons (Fsp3) is 0.895. The molecule has 1 N–H and O–H groups in total. The number of carbonyl (C=O) groups excluding carboxylic acids is 1. The maximum atomic E-state index is 12.3. The lowest BCUT2D eigenvalue weighted by atomic mass is 9.86. The molecule has 158 valence electrons. The van der Waals surface area contributed by atoms with Crippen LogP contribution in [-0.2, 0) is 33.2 Å². The van der Waals surface area contributed by atoms with Crippen molar-refractivity contribution in [1.82, 2.24) is 5.32 Å². The summed E-state index contributed by atoms with van der Waals surface area (Å²) < 4.78 is 34.8. The van der Waals surface area contributed by atoms with Crippen molar-refractivity contribution in [3.8, 4) is 6.07 Å². The minimum absolute atomic E-state index is 0.186. The number of fused-ring (bicyclic) bond motifs is 1. The molecule has 3 saturated heterocycles. The summed E-state index contributed by atoms with van der Waals surface area (Å²) in [5, 5.41) is 13.2. The molecule has 0 saturated carbocycles. The third kappa shape index (κ3) is 4.17. The van der Waals surface area contributed by atoms with Crippen molar-refractivity contribution >= 4 is 5.97 Å². The lowest BCUT2D eigenvalue weighted by Crippen LogP contribution is -2.63. The number of hydrogen-bond donors (Lipinski definition) is 1. The molecule has 3 aliphatic rings. The Hall–Kier alpha value is -1.28. The van der Waals surface area contributed by atoms with Crippen LogP contribution in [-0.4, -0.2) is 66.4 Å². The minimum Gasteiger partial charge on any atom is -0.459 e. The number of hydrogen-bond acceptors (Lipinski definition) is 9. The highest BCUT2D eigenvalue weighted by molar-refractivity contribution is 5.72. The molecule has 5 atom stereocenters. The van der Waals surface area contributed by atoms with E-state index in [9.17, 15) is 10.1 Å². The monoisotopic (exact) mass is 398 g/mol. The Morgan fingerprint density at radius 2 is 1.82 bits per heavy atom. The molecule has 9 heteroatoms. The van der Waals surface area contributed by atoms with Crippen molar-refractivity contribution in [2.75, 3.05) is 13.2 Å². The van der Waals surface area contributed by atoms with Crippen LogP contribution in [0.15, 0.2) is 0 Å². The van der Waals surface area contributed by atoms with Gasteiger partial charge in [-0.3, -0.25) is 10.1 Å². The van der Waals surface area contributed by atoms with Gasteiger partial charge in [-0.05, 0) is 48.5 Å². The van der Waals surface area contributed by atoms with Crippen LogP contribution in [0.5, 0.6) is 0 Å². The smallest absolute Gasteiger partial charge is 0.320 e. The van der Waals surface area contributed by atoms with Crippen LogP contribution in [0, 0.1) is 11.3 Å². The standard InChI is InChI=1S/C19H30N2O7/c1-16(2,3)26-12(22)8-21-19(10-20)13(11-9-23-17(4,5)25-11)24-15-14(19)27-18(6,7)28-15/h11,13-15,21H,8-9H2,1-7H3/t11-,13-,14+,15-,19-/m1/s1. The summed E-state index contributed by atoms with van der Waals surface area (Å²) in [5.41, 5.74) is -2.00. The number of rotatable bonds is 4. The van der Waals surface area contributed by atoms with Crippen molar-refractivity contribution in [2.24, 2.45) is 0 Å². The molecule has 28 heavy (non-hydrogen) atoms. The van der Waals surface area contributed by atoms with Gasteiger partial charge in [0.2, 0.25) is 0 Å². The molecule has 0 aromatic carbocycles. The average Bonchev–Trinajstić information content (AvgIpc) is 3.12. The van der Waals surface area contributed by atoms with E-state index in [1.165, 1.54) is 0 Å². The van der Waals surface area contributed by atoms with E-state index in [2.05, 4.69) is 11.4 Å². The van der Waals surface area contributed by atoms with Crippen LogP contribution in [0.3, 0.4) is 0 Å². The molecule has 0 aliphatic carbocycles. The molecule has 3 aliphatic heterocycles. The number of ether oxygens (including phenoxy) is 6. The molecular formula is C19H30N2O7. The second-order valence-corrected chi connectivity index (χ2v) is 9.27. The van der Waals surface area contributed by atoms with E-state index in [0.717, 1.165) is 0 Å². The fourth-order valence-corrected chi connectivity index (χ4v) is 3.76. The molecule has 9 nitrogen and oxygen atoms in total. The molecule has 0 spiro atoms. The predicted octanol–water partition coefficient (Wildman–Crippen LogP) is 1.21. The van der Waals surface area contributed by atoms with Crippen LogP contribution >= 0.6 is 0 Å².